The third-order valence-electron chi connectivity index (χ3n) is 4.73. The Balaban J connectivity index is 1.55. The Morgan fingerprint density at radius 1 is 1.11 bits per heavy atom. The van der Waals surface area contributed by atoms with E-state index < -0.39 is 34.4 Å². The second kappa shape index (κ2) is 8.63. The Morgan fingerprint density at radius 2 is 1.74 bits per heavy atom. The maximum atomic E-state index is 12.3. The fraction of sp³-hybridized carbons (Fsp3) is 0.588. The van der Waals surface area contributed by atoms with Crippen LogP contribution in [0.5, 0.6) is 0 Å². The summed E-state index contributed by atoms with van der Waals surface area (Å²) in [4.78, 5) is 14.0. The molecule has 0 saturated carbocycles. The number of carbonyl (C=O) groups excluding carboxylic acids is 1. The van der Waals surface area contributed by atoms with E-state index in [4.69, 9.17) is 9.47 Å². The molecule has 9 nitrogen and oxygen atoms in total. The molecule has 0 spiro atoms. The van der Waals surface area contributed by atoms with E-state index in [0.29, 0.717) is 26.3 Å². The first-order chi connectivity index (χ1) is 12.9. The highest BCUT2D eigenvalue weighted by atomic mass is 32.2. The van der Waals surface area contributed by atoms with E-state index in [1.54, 1.807) is 23.1 Å². The summed E-state index contributed by atoms with van der Waals surface area (Å²) in [5.41, 5.74) is 0. The smallest absolute Gasteiger partial charge is 0.240 e. The monoisotopic (exact) mass is 400 g/mol. The Labute approximate surface area is 157 Å². The van der Waals surface area contributed by atoms with Crippen LogP contribution in [0.15, 0.2) is 35.2 Å². The molecule has 2 heterocycles. The Bertz CT molecular complexity index is 737. The predicted octanol–water partition coefficient (Wildman–Crippen LogP) is -1.30. The maximum absolute atomic E-state index is 12.3. The van der Waals surface area contributed by atoms with Crippen LogP contribution in [0.4, 0.5) is 0 Å². The summed E-state index contributed by atoms with van der Waals surface area (Å²) >= 11 is 0. The highest BCUT2D eigenvalue weighted by molar-refractivity contribution is 7.89. The minimum atomic E-state index is -3.76. The Hall–Kier alpha value is -1.56. The molecule has 4 unspecified atom stereocenters. The molecule has 0 aliphatic carbocycles. The summed E-state index contributed by atoms with van der Waals surface area (Å²) in [5, 5.41) is 20.3. The van der Waals surface area contributed by atoms with Crippen molar-refractivity contribution in [2.45, 2.75) is 35.7 Å². The zero-order valence-corrected chi connectivity index (χ0v) is 15.5. The van der Waals surface area contributed by atoms with Crippen LogP contribution in [0.2, 0.25) is 0 Å². The molecule has 2 aliphatic rings. The molecule has 1 aromatic rings. The van der Waals surface area contributed by atoms with Gasteiger partial charge in [0, 0.05) is 19.6 Å². The number of carbonyl (C=O) groups is 1. The van der Waals surface area contributed by atoms with Crippen LogP contribution in [0.25, 0.3) is 0 Å². The summed E-state index contributed by atoms with van der Waals surface area (Å²) in [6.45, 7) is 1.67. The van der Waals surface area contributed by atoms with Crippen molar-refractivity contribution >= 4 is 15.9 Å². The first-order valence-electron chi connectivity index (χ1n) is 8.80. The van der Waals surface area contributed by atoms with Crippen molar-refractivity contribution < 1.29 is 32.9 Å². The normalized spacial score (nSPS) is 29.0. The average Bonchev–Trinajstić information content (AvgIpc) is 2.96. The van der Waals surface area contributed by atoms with Gasteiger partial charge in [0.15, 0.2) is 0 Å². The standard InChI is InChI=1S/C17H24N2O7S/c20-15(19-6-8-25-9-7-19)10-13-16(21)17(22)14(26-13)11-18-27(23,24)12-4-2-1-3-5-12/h1-5,13-14,16-18,21-22H,6-11H2. The predicted molar refractivity (Wildman–Crippen MR) is 94.3 cm³/mol. The molecular weight excluding hydrogens is 376 g/mol. The van der Waals surface area contributed by atoms with Crippen LogP contribution in [0.1, 0.15) is 6.42 Å². The molecule has 27 heavy (non-hydrogen) atoms. The van der Waals surface area contributed by atoms with Crippen molar-refractivity contribution in [2.24, 2.45) is 0 Å². The first kappa shape index (κ1) is 20.2. The molecule has 1 amide bonds. The minimum Gasteiger partial charge on any atom is -0.388 e. The van der Waals surface area contributed by atoms with Gasteiger partial charge in [0.25, 0.3) is 0 Å². The van der Waals surface area contributed by atoms with Crippen molar-refractivity contribution in [3.05, 3.63) is 30.3 Å². The third-order valence-corrected chi connectivity index (χ3v) is 6.17. The lowest BCUT2D eigenvalue weighted by atomic mass is 10.1. The van der Waals surface area contributed by atoms with Gasteiger partial charge >= 0.3 is 0 Å². The first-order valence-corrected chi connectivity index (χ1v) is 10.3. The van der Waals surface area contributed by atoms with Crippen LogP contribution in [-0.2, 0) is 24.3 Å². The van der Waals surface area contributed by atoms with Crippen LogP contribution >= 0.6 is 0 Å². The molecule has 2 aliphatic heterocycles. The molecule has 0 bridgehead atoms. The molecule has 0 aromatic heterocycles. The van der Waals surface area contributed by atoms with E-state index in [9.17, 15) is 23.4 Å². The van der Waals surface area contributed by atoms with Gasteiger partial charge in [-0.3, -0.25) is 4.79 Å². The fourth-order valence-electron chi connectivity index (χ4n) is 3.15. The van der Waals surface area contributed by atoms with Crippen molar-refractivity contribution in [3.63, 3.8) is 0 Å². The van der Waals surface area contributed by atoms with E-state index in [-0.39, 0.29) is 23.8 Å². The zero-order chi connectivity index (χ0) is 19.4. The molecule has 2 fully saturated rings. The fourth-order valence-corrected chi connectivity index (χ4v) is 4.22. The molecule has 4 atom stereocenters. The van der Waals surface area contributed by atoms with Gasteiger partial charge in [0.05, 0.1) is 30.6 Å². The molecular formula is C17H24N2O7S. The number of hydrogen-bond donors (Lipinski definition) is 3. The van der Waals surface area contributed by atoms with Gasteiger partial charge in [-0.1, -0.05) is 18.2 Å². The Morgan fingerprint density at radius 3 is 2.41 bits per heavy atom. The summed E-state index contributed by atoms with van der Waals surface area (Å²) < 4.78 is 37.7. The number of hydrogen-bond acceptors (Lipinski definition) is 7. The van der Waals surface area contributed by atoms with Crippen LogP contribution in [0, 0.1) is 0 Å². The molecule has 3 N–H and O–H groups in total. The lowest BCUT2D eigenvalue weighted by Gasteiger charge is -2.28. The average molecular weight is 400 g/mol. The van der Waals surface area contributed by atoms with Crippen LogP contribution in [-0.4, -0.2) is 86.7 Å². The lowest BCUT2D eigenvalue weighted by molar-refractivity contribution is -0.139. The van der Waals surface area contributed by atoms with E-state index in [2.05, 4.69) is 4.72 Å². The largest absolute Gasteiger partial charge is 0.388 e. The van der Waals surface area contributed by atoms with Gasteiger partial charge in [-0.15, -0.1) is 0 Å². The van der Waals surface area contributed by atoms with E-state index in [0.717, 1.165) is 0 Å². The molecule has 10 heteroatoms. The second-order valence-electron chi connectivity index (χ2n) is 6.56. The molecule has 150 valence electrons. The number of ether oxygens (including phenoxy) is 2. The third kappa shape index (κ3) is 4.84. The van der Waals surface area contributed by atoms with Gasteiger partial charge in [0.1, 0.15) is 18.3 Å². The van der Waals surface area contributed by atoms with Crippen LogP contribution < -0.4 is 4.72 Å². The van der Waals surface area contributed by atoms with Gasteiger partial charge in [0.2, 0.25) is 15.9 Å². The number of amides is 1. The zero-order valence-electron chi connectivity index (χ0n) is 14.7. The minimum absolute atomic E-state index is 0.0832. The number of sulfonamides is 1. The highest BCUT2D eigenvalue weighted by Gasteiger charge is 2.44. The number of aliphatic hydroxyl groups excluding tert-OH is 2. The number of benzene rings is 1. The van der Waals surface area contributed by atoms with Crippen molar-refractivity contribution in [1.29, 1.82) is 0 Å². The summed E-state index contributed by atoms with van der Waals surface area (Å²) in [6.07, 6.45) is -4.46. The van der Waals surface area contributed by atoms with Gasteiger partial charge in [-0.25, -0.2) is 13.1 Å². The second-order valence-corrected chi connectivity index (χ2v) is 8.32. The van der Waals surface area contributed by atoms with Crippen molar-refractivity contribution in [1.82, 2.24) is 9.62 Å². The van der Waals surface area contributed by atoms with Crippen LogP contribution in [0.3, 0.4) is 0 Å². The maximum Gasteiger partial charge on any atom is 0.240 e. The van der Waals surface area contributed by atoms with Crippen molar-refractivity contribution in [2.75, 3.05) is 32.8 Å². The highest BCUT2D eigenvalue weighted by Crippen LogP contribution is 2.24. The number of rotatable bonds is 6. The Kier molecular flexibility index (Phi) is 6.45. The van der Waals surface area contributed by atoms with E-state index in [1.165, 1.54) is 12.1 Å². The molecule has 1 aromatic carbocycles. The SMILES string of the molecule is O=C(CC1OC(CNS(=O)(=O)c2ccccc2)C(O)C1O)N1CCOCC1. The molecule has 0 radical (unpaired) electrons. The summed E-state index contributed by atoms with van der Waals surface area (Å²) in [6, 6.07) is 7.81. The van der Waals surface area contributed by atoms with Gasteiger partial charge in [-0.2, -0.15) is 0 Å². The number of nitrogens with one attached hydrogen (secondary N) is 1. The molecule has 2 saturated heterocycles. The number of aliphatic hydroxyl groups is 2. The van der Waals surface area contributed by atoms with E-state index >= 15 is 0 Å². The van der Waals surface area contributed by atoms with E-state index in [1.807, 2.05) is 0 Å². The lowest BCUT2D eigenvalue weighted by Crippen LogP contribution is -2.43. The van der Waals surface area contributed by atoms with Gasteiger partial charge in [-0.05, 0) is 12.1 Å². The topological polar surface area (TPSA) is 125 Å². The molecule has 3 rings (SSSR count). The quantitative estimate of drug-likeness (QED) is 0.542. The number of morpholine rings is 1. The number of nitrogens with zero attached hydrogens (tertiary/aromatic N) is 1. The summed E-state index contributed by atoms with van der Waals surface area (Å²) in [7, 11) is -3.76. The van der Waals surface area contributed by atoms with Crippen molar-refractivity contribution in [3.8, 4) is 0 Å². The van der Waals surface area contributed by atoms with Gasteiger partial charge < -0.3 is 24.6 Å². The summed E-state index contributed by atoms with van der Waals surface area (Å²) in [5.74, 6) is -0.194.